The lowest BCUT2D eigenvalue weighted by atomic mass is 10.1. The van der Waals surface area contributed by atoms with Gasteiger partial charge in [0.05, 0.1) is 12.7 Å². The number of amides is 1. The third-order valence-electron chi connectivity index (χ3n) is 3.92. The number of carboxylic acids is 1. The molecule has 2 aromatic carbocycles. The first-order valence-electron chi connectivity index (χ1n) is 9.65. The molecular formula is C23H27NO5. The van der Waals surface area contributed by atoms with Gasteiger partial charge in [0, 0.05) is 5.56 Å². The summed E-state index contributed by atoms with van der Waals surface area (Å²) in [5.41, 5.74) is 0.773. The Kier molecular flexibility index (Phi) is 8.27. The average Bonchev–Trinajstić information content (AvgIpc) is 2.69. The van der Waals surface area contributed by atoms with E-state index in [2.05, 4.69) is 12.2 Å². The summed E-state index contributed by atoms with van der Waals surface area (Å²) in [5.74, 6) is -0.356. The maximum Gasteiger partial charge on any atom is 0.352 e. The first-order chi connectivity index (χ1) is 13.9. The Morgan fingerprint density at radius 2 is 1.66 bits per heavy atom. The molecule has 2 N–H and O–H groups in total. The van der Waals surface area contributed by atoms with E-state index in [4.69, 9.17) is 9.47 Å². The number of nitrogens with one attached hydrogen (secondary N) is 1. The number of rotatable bonds is 10. The zero-order valence-electron chi connectivity index (χ0n) is 17.0. The largest absolute Gasteiger partial charge is 0.494 e. The van der Waals surface area contributed by atoms with Gasteiger partial charge >= 0.3 is 5.97 Å². The fourth-order valence-electron chi connectivity index (χ4n) is 2.46. The molecule has 0 aliphatic carbocycles. The minimum Gasteiger partial charge on any atom is -0.494 e. The molecule has 0 spiro atoms. The van der Waals surface area contributed by atoms with Gasteiger partial charge in [0.15, 0.2) is 0 Å². The maximum atomic E-state index is 12.4. The van der Waals surface area contributed by atoms with Crippen molar-refractivity contribution in [3.05, 3.63) is 65.4 Å². The number of carbonyl (C=O) groups is 2. The van der Waals surface area contributed by atoms with Crippen LogP contribution in [0.4, 0.5) is 0 Å². The van der Waals surface area contributed by atoms with Crippen molar-refractivity contribution in [3.8, 4) is 11.5 Å². The summed E-state index contributed by atoms with van der Waals surface area (Å²) in [6, 6.07) is 13.6. The maximum absolute atomic E-state index is 12.4. The van der Waals surface area contributed by atoms with Crippen LogP contribution in [0.25, 0.3) is 6.08 Å². The van der Waals surface area contributed by atoms with Crippen LogP contribution < -0.4 is 14.8 Å². The molecule has 2 aromatic rings. The summed E-state index contributed by atoms with van der Waals surface area (Å²) >= 11 is 0. The van der Waals surface area contributed by atoms with Gasteiger partial charge in [0.1, 0.15) is 17.2 Å². The van der Waals surface area contributed by atoms with Gasteiger partial charge in [0.2, 0.25) is 0 Å². The topological polar surface area (TPSA) is 84.9 Å². The quantitative estimate of drug-likeness (QED) is 0.455. The highest BCUT2D eigenvalue weighted by molar-refractivity contribution is 6.02. The van der Waals surface area contributed by atoms with Crippen molar-refractivity contribution in [2.24, 2.45) is 0 Å². The van der Waals surface area contributed by atoms with E-state index < -0.39 is 11.9 Å². The van der Waals surface area contributed by atoms with Crippen LogP contribution in [-0.4, -0.2) is 29.7 Å². The van der Waals surface area contributed by atoms with Gasteiger partial charge in [0.25, 0.3) is 5.91 Å². The van der Waals surface area contributed by atoms with E-state index in [1.807, 2.05) is 13.8 Å². The van der Waals surface area contributed by atoms with Crippen LogP contribution in [0, 0.1) is 0 Å². The van der Waals surface area contributed by atoms with Crippen molar-refractivity contribution >= 4 is 18.0 Å². The molecule has 0 aliphatic heterocycles. The third kappa shape index (κ3) is 7.33. The summed E-state index contributed by atoms with van der Waals surface area (Å²) in [4.78, 5) is 24.0. The van der Waals surface area contributed by atoms with Crippen LogP contribution in [-0.2, 0) is 4.79 Å². The Hall–Kier alpha value is -3.28. The van der Waals surface area contributed by atoms with Gasteiger partial charge in [-0.1, -0.05) is 25.5 Å². The molecule has 2 rings (SSSR count). The van der Waals surface area contributed by atoms with Crippen LogP contribution in [0.15, 0.2) is 54.2 Å². The number of carbonyl (C=O) groups excluding carboxylic acids is 1. The highest BCUT2D eigenvalue weighted by Gasteiger charge is 2.13. The molecule has 0 saturated carbocycles. The number of ether oxygens (including phenoxy) is 2. The fraction of sp³-hybridized carbons (Fsp3) is 0.304. The molecule has 6 heteroatoms. The lowest BCUT2D eigenvalue weighted by Gasteiger charge is -2.10. The van der Waals surface area contributed by atoms with Crippen LogP contribution in [0.2, 0.25) is 0 Å². The lowest BCUT2D eigenvalue weighted by Crippen LogP contribution is -2.27. The van der Waals surface area contributed by atoms with Crippen molar-refractivity contribution in [1.82, 2.24) is 5.32 Å². The van der Waals surface area contributed by atoms with E-state index in [-0.39, 0.29) is 11.8 Å². The van der Waals surface area contributed by atoms with Crippen molar-refractivity contribution in [2.45, 2.75) is 39.7 Å². The van der Waals surface area contributed by atoms with Crippen LogP contribution in [0.5, 0.6) is 11.5 Å². The third-order valence-corrected chi connectivity index (χ3v) is 3.92. The second kappa shape index (κ2) is 10.9. The second-order valence-electron chi connectivity index (χ2n) is 6.78. The zero-order chi connectivity index (χ0) is 21.2. The first kappa shape index (κ1) is 22.0. The van der Waals surface area contributed by atoms with Gasteiger partial charge in [-0.05, 0) is 68.3 Å². The predicted molar refractivity (Wildman–Crippen MR) is 112 cm³/mol. The summed E-state index contributed by atoms with van der Waals surface area (Å²) in [6.07, 6.45) is 3.45. The molecule has 0 bridgehead atoms. The summed E-state index contributed by atoms with van der Waals surface area (Å²) in [5, 5.41) is 11.9. The number of carboxylic acid groups (broad SMARTS) is 1. The molecule has 0 unspecified atom stereocenters. The smallest absolute Gasteiger partial charge is 0.352 e. The van der Waals surface area contributed by atoms with Gasteiger partial charge in [-0.3, -0.25) is 4.79 Å². The molecule has 29 heavy (non-hydrogen) atoms. The fourth-order valence-corrected chi connectivity index (χ4v) is 2.46. The minimum absolute atomic E-state index is 0.0497. The molecule has 0 heterocycles. The monoisotopic (exact) mass is 397 g/mol. The SMILES string of the molecule is CCCCOc1ccc(C(=O)NC(=Cc2ccc(OC(C)C)cc2)C(=O)O)cc1. The molecule has 0 radical (unpaired) electrons. The molecule has 1 amide bonds. The van der Waals surface area contributed by atoms with E-state index >= 15 is 0 Å². The van der Waals surface area contributed by atoms with Gasteiger partial charge in [-0.25, -0.2) is 4.79 Å². The van der Waals surface area contributed by atoms with Crippen LogP contribution in [0.1, 0.15) is 49.5 Å². The van der Waals surface area contributed by atoms with E-state index in [1.165, 1.54) is 6.08 Å². The van der Waals surface area contributed by atoms with Gasteiger partial charge in [-0.15, -0.1) is 0 Å². The minimum atomic E-state index is -1.22. The Morgan fingerprint density at radius 1 is 1.03 bits per heavy atom. The van der Waals surface area contributed by atoms with E-state index in [1.54, 1.807) is 48.5 Å². The molecule has 0 fully saturated rings. The van der Waals surface area contributed by atoms with Crippen LogP contribution in [0.3, 0.4) is 0 Å². The number of unbranched alkanes of at least 4 members (excludes halogenated alkanes) is 1. The standard InChI is InChI=1S/C23H27NO5/c1-4-5-14-28-19-12-8-18(9-13-19)22(25)24-21(23(26)27)15-17-6-10-20(11-7-17)29-16(2)3/h6-13,15-16H,4-5,14H2,1-3H3,(H,24,25)(H,26,27). The van der Waals surface area contributed by atoms with E-state index in [0.717, 1.165) is 12.8 Å². The van der Waals surface area contributed by atoms with Crippen molar-refractivity contribution in [2.75, 3.05) is 6.61 Å². The average molecular weight is 397 g/mol. The summed E-state index contributed by atoms with van der Waals surface area (Å²) < 4.78 is 11.1. The highest BCUT2D eigenvalue weighted by Crippen LogP contribution is 2.16. The van der Waals surface area contributed by atoms with E-state index in [0.29, 0.717) is 29.2 Å². The Balaban J connectivity index is 2.06. The van der Waals surface area contributed by atoms with E-state index in [9.17, 15) is 14.7 Å². The summed E-state index contributed by atoms with van der Waals surface area (Å²) in [6.45, 7) is 6.55. The molecular weight excluding hydrogens is 370 g/mol. The van der Waals surface area contributed by atoms with Crippen molar-refractivity contribution in [3.63, 3.8) is 0 Å². The molecule has 0 atom stereocenters. The van der Waals surface area contributed by atoms with Crippen LogP contribution >= 0.6 is 0 Å². The Bertz CT molecular complexity index is 839. The molecule has 0 aliphatic rings. The van der Waals surface area contributed by atoms with Crippen molar-refractivity contribution in [1.29, 1.82) is 0 Å². The highest BCUT2D eigenvalue weighted by atomic mass is 16.5. The number of aliphatic carboxylic acids is 1. The molecule has 0 saturated heterocycles. The first-order valence-corrected chi connectivity index (χ1v) is 9.65. The number of hydrogen-bond donors (Lipinski definition) is 2. The normalized spacial score (nSPS) is 11.2. The molecule has 6 nitrogen and oxygen atoms in total. The predicted octanol–water partition coefficient (Wildman–Crippen LogP) is 4.51. The number of benzene rings is 2. The van der Waals surface area contributed by atoms with Gasteiger partial charge < -0.3 is 19.9 Å². The molecule has 154 valence electrons. The van der Waals surface area contributed by atoms with Crippen molar-refractivity contribution < 1.29 is 24.2 Å². The second-order valence-corrected chi connectivity index (χ2v) is 6.78. The zero-order valence-corrected chi connectivity index (χ0v) is 17.0. The Labute approximate surface area is 171 Å². The Morgan fingerprint density at radius 3 is 2.21 bits per heavy atom. The van der Waals surface area contributed by atoms with Gasteiger partial charge in [-0.2, -0.15) is 0 Å². The lowest BCUT2D eigenvalue weighted by molar-refractivity contribution is -0.132. The summed E-state index contributed by atoms with van der Waals surface area (Å²) in [7, 11) is 0. The molecule has 0 aromatic heterocycles. The number of hydrogen-bond acceptors (Lipinski definition) is 4.